The Hall–Kier alpha value is -0.770. The van der Waals surface area contributed by atoms with Crippen LogP contribution in [0.2, 0.25) is 0 Å². The van der Waals surface area contributed by atoms with Crippen LogP contribution in [0.5, 0.6) is 0 Å². The van der Waals surface area contributed by atoms with Crippen LogP contribution >= 0.6 is 0 Å². The molecule has 1 aliphatic heterocycles. The van der Waals surface area contributed by atoms with Crippen LogP contribution in [0.3, 0.4) is 0 Å². The molecule has 0 spiro atoms. The quantitative estimate of drug-likeness (QED) is 0.842. The Morgan fingerprint density at radius 2 is 2.17 bits per heavy atom. The van der Waals surface area contributed by atoms with Gasteiger partial charge in [-0.1, -0.05) is 6.92 Å². The first-order valence-corrected chi connectivity index (χ1v) is 6.92. The fraction of sp³-hybridized carbons (Fsp3) is 0.929. The zero-order valence-corrected chi connectivity index (χ0v) is 12.1. The summed E-state index contributed by atoms with van der Waals surface area (Å²) in [4.78, 5) is 13.7. The zero-order chi connectivity index (χ0) is 13.8. The lowest BCUT2D eigenvalue weighted by atomic mass is 9.89. The molecule has 2 unspecified atom stereocenters. The van der Waals surface area contributed by atoms with E-state index in [4.69, 9.17) is 9.84 Å². The van der Waals surface area contributed by atoms with Crippen LogP contribution in [-0.4, -0.2) is 41.4 Å². The molecule has 0 saturated carbocycles. The van der Waals surface area contributed by atoms with E-state index in [1.807, 2.05) is 25.7 Å². The van der Waals surface area contributed by atoms with Gasteiger partial charge >= 0.3 is 6.09 Å². The minimum Gasteiger partial charge on any atom is -0.444 e. The summed E-state index contributed by atoms with van der Waals surface area (Å²) in [5, 5.41) is 8.84. The first kappa shape index (κ1) is 15.3. The van der Waals surface area contributed by atoms with Crippen molar-refractivity contribution in [1.29, 1.82) is 0 Å². The molecule has 1 rings (SSSR count). The minimum absolute atomic E-state index is 0.195. The largest absolute Gasteiger partial charge is 0.444 e. The van der Waals surface area contributed by atoms with Crippen molar-refractivity contribution in [2.24, 2.45) is 11.8 Å². The highest BCUT2D eigenvalue weighted by molar-refractivity contribution is 5.68. The van der Waals surface area contributed by atoms with Gasteiger partial charge in [-0.2, -0.15) is 0 Å². The molecule has 0 aromatic carbocycles. The Morgan fingerprint density at radius 3 is 2.72 bits per heavy atom. The molecule has 1 heterocycles. The van der Waals surface area contributed by atoms with Crippen molar-refractivity contribution in [2.75, 3.05) is 19.7 Å². The summed E-state index contributed by atoms with van der Waals surface area (Å²) in [6.07, 6.45) is 2.73. The summed E-state index contributed by atoms with van der Waals surface area (Å²) in [7, 11) is 0. The van der Waals surface area contributed by atoms with Crippen LogP contribution in [0.1, 0.15) is 47.0 Å². The molecule has 18 heavy (non-hydrogen) atoms. The van der Waals surface area contributed by atoms with E-state index >= 15 is 0 Å². The summed E-state index contributed by atoms with van der Waals surface area (Å²) < 4.78 is 5.38. The van der Waals surface area contributed by atoms with E-state index in [0.29, 0.717) is 11.8 Å². The second-order valence-electron chi connectivity index (χ2n) is 6.32. The molecular formula is C14H27NO3. The van der Waals surface area contributed by atoms with Crippen LogP contribution in [0, 0.1) is 11.8 Å². The number of hydrogen-bond acceptors (Lipinski definition) is 3. The van der Waals surface area contributed by atoms with Gasteiger partial charge in [0, 0.05) is 19.7 Å². The number of amides is 1. The second kappa shape index (κ2) is 6.41. The van der Waals surface area contributed by atoms with Crippen molar-refractivity contribution < 1.29 is 14.6 Å². The normalized spacial score (nSPS) is 22.1. The van der Waals surface area contributed by atoms with E-state index in [1.54, 1.807) is 0 Å². The van der Waals surface area contributed by atoms with Crippen molar-refractivity contribution in [3.05, 3.63) is 0 Å². The maximum absolute atomic E-state index is 11.9. The van der Waals surface area contributed by atoms with Crippen molar-refractivity contribution in [1.82, 2.24) is 4.90 Å². The number of ether oxygens (including phenoxy) is 1. The summed E-state index contributed by atoms with van der Waals surface area (Å²) in [5.41, 5.74) is -0.419. The Balaban J connectivity index is 2.38. The van der Waals surface area contributed by atoms with E-state index in [2.05, 4.69) is 6.92 Å². The monoisotopic (exact) mass is 257 g/mol. The summed E-state index contributed by atoms with van der Waals surface area (Å²) >= 11 is 0. The van der Waals surface area contributed by atoms with Crippen molar-refractivity contribution in [2.45, 2.75) is 52.6 Å². The number of aliphatic hydroxyl groups is 1. The van der Waals surface area contributed by atoms with Gasteiger partial charge in [-0.25, -0.2) is 4.79 Å². The zero-order valence-electron chi connectivity index (χ0n) is 12.1. The lowest BCUT2D eigenvalue weighted by Gasteiger charge is -2.25. The van der Waals surface area contributed by atoms with Crippen LogP contribution in [0.25, 0.3) is 0 Å². The van der Waals surface area contributed by atoms with E-state index in [9.17, 15) is 4.79 Å². The number of hydrogen-bond donors (Lipinski definition) is 1. The van der Waals surface area contributed by atoms with E-state index in [0.717, 1.165) is 32.4 Å². The molecule has 106 valence electrons. The average Bonchev–Trinajstić information content (AvgIpc) is 2.72. The molecule has 1 aliphatic rings. The molecule has 2 atom stereocenters. The van der Waals surface area contributed by atoms with Gasteiger partial charge < -0.3 is 14.7 Å². The summed E-state index contributed by atoms with van der Waals surface area (Å²) in [6, 6.07) is 0. The molecule has 4 heteroatoms. The molecule has 0 bridgehead atoms. The summed E-state index contributed by atoms with van der Waals surface area (Å²) in [6.45, 7) is 9.73. The maximum atomic E-state index is 11.9. The van der Waals surface area contributed by atoms with Crippen LogP contribution < -0.4 is 0 Å². The van der Waals surface area contributed by atoms with Gasteiger partial charge in [-0.15, -0.1) is 0 Å². The molecular weight excluding hydrogens is 230 g/mol. The van der Waals surface area contributed by atoms with Gasteiger partial charge in [-0.05, 0) is 51.9 Å². The highest BCUT2D eigenvalue weighted by Crippen LogP contribution is 2.28. The third-order valence-electron chi connectivity index (χ3n) is 3.50. The molecule has 0 aromatic heterocycles. The Labute approximate surface area is 110 Å². The molecule has 4 nitrogen and oxygen atoms in total. The second-order valence-corrected chi connectivity index (χ2v) is 6.32. The number of carbonyl (C=O) groups excluding carboxylic acids is 1. The van der Waals surface area contributed by atoms with E-state index in [-0.39, 0.29) is 12.7 Å². The predicted molar refractivity (Wildman–Crippen MR) is 71.4 cm³/mol. The van der Waals surface area contributed by atoms with Crippen molar-refractivity contribution in [3.63, 3.8) is 0 Å². The Kier molecular flexibility index (Phi) is 5.45. The van der Waals surface area contributed by atoms with Gasteiger partial charge in [0.15, 0.2) is 0 Å². The van der Waals surface area contributed by atoms with Crippen molar-refractivity contribution in [3.8, 4) is 0 Å². The van der Waals surface area contributed by atoms with E-state index in [1.165, 1.54) is 0 Å². The fourth-order valence-electron chi connectivity index (χ4n) is 2.39. The average molecular weight is 257 g/mol. The third kappa shape index (κ3) is 4.84. The molecule has 0 aromatic rings. The van der Waals surface area contributed by atoms with Crippen LogP contribution in [0.4, 0.5) is 4.79 Å². The highest BCUT2D eigenvalue weighted by atomic mass is 16.6. The number of likely N-dealkylation sites (tertiary alicyclic amines) is 1. The van der Waals surface area contributed by atoms with E-state index < -0.39 is 5.60 Å². The number of nitrogens with zero attached hydrogens (tertiary/aromatic N) is 1. The highest BCUT2D eigenvalue weighted by Gasteiger charge is 2.31. The first-order valence-electron chi connectivity index (χ1n) is 6.92. The van der Waals surface area contributed by atoms with Crippen LogP contribution in [-0.2, 0) is 4.74 Å². The maximum Gasteiger partial charge on any atom is 0.410 e. The van der Waals surface area contributed by atoms with Gasteiger partial charge in [0.25, 0.3) is 0 Å². The number of rotatable bonds is 4. The SMILES string of the molecule is CC(CCCO)C1CCN(C(=O)OC(C)(C)C)C1. The number of aliphatic hydroxyl groups excluding tert-OH is 1. The molecule has 1 saturated heterocycles. The van der Waals surface area contributed by atoms with Crippen molar-refractivity contribution >= 4 is 6.09 Å². The minimum atomic E-state index is -0.419. The molecule has 1 amide bonds. The Morgan fingerprint density at radius 1 is 1.50 bits per heavy atom. The molecule has 1 fully saturated rings. The molecule has 1 N–H and O–H groups in total. The predicted octanol–water partition coefficient (Wildman–Crippen LogP) is 2.65. The van der Waals surface area contributed by atoms with Gasteiger partial charge in [-0.3, -0.25) is 0 Å². The van der Waals surface area contributed by atoms with Crippen LogP contribution in [0.15, 0.2) is 0 Å². The lowest BCUT2D eigenvalue weighted by molar-refractivity contribution is 0.0283. The smallest absolute Gasteiger partial charge is 0.410 e. The Bertz CT molecular complexity index is 273. The fourth-order valence-corrected chi connectivity index (χ4v) is 2.39. The molecule has 0 radical (unpaired) electrons. The summed E-state index contributed by atoms with van der Waals surface area (Å²) in [5.74, 6) is 1.11. The molecule has 0 aliphatic carbocycles. The standard InChI is InChI=1S/C14H27NO3/c1-11(6-5-9-16)12-7-8-15(10-12)13(17)18-14(2,3)4/h11-12,16H,5-10H2,1-4H3. The first-order chi connectivity index (χ1) is 8.33. The topological polar surface area (TPSA) is 49.8 Å². The van der Waals surface area contributed by atoms with Gasteiger partial charge in [0.05, 0.1) is 0 Å². The van der Waals surface area contributed by atoms with Gasteiger partial charge in [0.1, 0.15) is 5.60 Å². The number of carbonyl (C=O) groups is 1. The van der Waals surface area contributed by atoms with Gasteiger partial charge in [0.2, 0.25) is 0 Å². The lowest BCUT2D eigenvalue weighted by Crippen LogP contribution is -2.35. The third-order valence-corrected chi connectivity index (χ3v) is 3.50.